The van der Waals surface area contributed by atoms with Crippen LogP contribution in [0.2, 0.25) is 0 Å². The SMILES string of the molecule is O=C(NC12CC3CC(CC(C3)C1)C2)C1CCN(C(=O)N2CCn3c(nnc3C(F)(F)F)C2)CC1. The number of halogens is 3. The molecule has 1 N–H and O–H groups in total. The molecule has 0 unspecified atom stereocenters. The van der Waals surface area contributed by atoms with Gasteiger partial charge in [0.25, 0.3) is 0 Å². The Bertz CT molecular complexity index is 949. The number of likely N-dealkylation sites (tertiary alicyclic amines) is 1. The van der Waals surface area contributed by atoms with Crippen molar-refractivity contribution in [1.82, 2.24) is 29.9 Å². The summed E-state index contributed by atoms with van der Waals surface area (Å²) in [5, 5.41) is 10.4. The van der Waals surface area contributed by atoms with E-state index in [-0.39, 0.29) is 48.9 Å². The number of piperidine rings is 1. The Balaban J connectivity index is 1.03. The molecule has 8 nitrogen and oxygen atoms in total. The Kier molecular flexibility index (Phi) is 5.11. The molecule has 1 aromatic rings. The van der Waals surface area contributed by atoms with E-state index in [9.17, 15) is 22.8 Å². The third kappa shape index (κ3) is 3.84. The molecule has 5 fully saturated rings. The van der Waals surface area contributed by atoms with Gasteiger partial charge in [-0.1, -0.05) is 0 Å². The topological polar surface area (TPSA) is 83.4 Å². The predicted molar refractivity (Wildman–Crippen MR) is 114 cm³/mol. The molecule has 186 valence electrons. The van der Waals surface area contributed by atoms with E-state index < -0.39 is 12.0 Å². The van der Waals surface area contributed by atoms with Crippen LogP contribution in [0.1, 0.15) is 63.0 Å². The number of nitrogens with zero attached hydrogens (tertiary/aromatic N) is 5. The largest absolute Gasteiger partial charge is 0.451 e. The summed E-state index contributed by atoms with van der Waals surface area (Å²) in [6, 6.07) is -0.206. The zero-order valence-corrected chi connectivity index (χ0v) is 19.2. The lowest BCUT2D eigenvalue weighted by atomic mass is 9.53. The Labute approximate surface area is 196 Å². The van der Waals surface area contributed by atoms with Crippen LogP contribution in [-0.4, -0.2) is 61.7 Å². The first-order valence-corrected chi connectivity index (χ1v) is 12.5. The summed E-state index contributed by atoms with van der Waals surface area (Å²) in [4.78, 5) is 29.4. The Morgan fingerprint density at radius 2 is 1.50 bits per heavy atom. The maximum Gasteiger partial charge on any atom is 0.451 e. The number of carbonyl (C=O) groups is 2. The van der Waals surface area contributed by atoms with E-state index >= 15 is 0 Å². The van der Waals surface area contributed by atoms with E-state index in [1.807, 2.05) is 0 Å². The highest BCUT2D eigenvalue weighted by atomic mass is 19.4. The van der Waals surface area contributed by atoms with E-state index in [1.165, 1.54) is 24.2 Å². The summed E-state index contributed by atoms with van der Waals surface area (Å²) in [6.45, 7) is 1.17. The Hall–Kier alpha value is -2.33. The highest BCUT2D eigenvalue weighted by molar-refractivity contribution is 5.80. The minimum atomic E-state index is -4.56. The molecule has 6 aliphatic rings. The maximum absolute atomic E-state index is 13.1. The van der Waals surface area contributed by atoms with Crippen LogP contribution in [0.4, 0.5) is 18.0 Å². The lowest BCUT2D eigenvalue weighted by Crippen LogP contribution is -2.61. The van der Waals surface area contributed by atoms with Gasteiger partial charge in [-0.2, -0.15) is 13.2 Å². The van der Waals surface area contributed by atoms with Gasteiger partial charge in [0.1, 0.15) is 0 Å². The van der Waals surface area contributed by atoms with Crippen LogP contribution in [0.3, 0.4) is 0 Å². The van der Waals surface area contributed by atoms with Crippen LogP contribution in [-0.2, 0) is 24.1 Å². The van der Waals surface area contributed by atoms with Crippen molar-refractivity contribution in [2.45, 2.75) is 76.2 Å². The van der Waals surface area contributed by atoms with Gasteiger partial charge in [-0.15, -0.1) is 10.2 Å². The fourth-order valence-electron chi connectivity index (χ4n) is 7.69. The monoisotopic (exact) mass is 480 g/mol. The molecule has 1 aromatic heterocycles. The molecule has 4 saturated carbocycles. The second kappa shape index (κ2) is 7.84. The van der Waals surface area contributed by atoms with Gasteiger partial charge in [-0.05, 0) is 69.1 Å². The van der Waals surface area contributed by atoms with Crippen LogP contribution in [0.15, 0.2) is 0 Å². The van der Waals surface area contributed by atoms with Crippen LogP contribution in [0, 0.1) is 23.7 Å². The molecule has 4 bridgehead atoms. The second-order valence-electron chi connectivity index (χ2n) is 11.2. The zero-order valence-electron chi connectivity index (χ0n) is 19.2. The summed E-state index contributed by atoms with van der Waals surface area (Å²) in [6.07, 6.45) is 4.04. The summed E-state index contributed by atoms with van der Waals surface area (Å²) in [5.41, 5.74) is -0.00218. The second-order valence-corrected chi connectivity index (χ2v) is 11.2. The van der Waals surface area contributed by atoms with Crippen molar-refractivity contribution in [1.29, 1.82) is 0 Å². The maximum atomic E-state index is 13.1. The van der Waals surface area contributed by atoms with Crippen molar-refractivity contribution < 1.29 is 22.8 Å². The number of carbonyl (C=O) groups excluding carboxylic acids is 2. The van der Waals surface area contributed by atoms with Gasteiger partial charge >= 0.3 is 12.2 Å². The molecule has 0 spiro atoms. The molecule has 7 rings (SSSR count). The van der Waals surface area contributed by atoms with Gasteiger partial charge in [0, 0.05) is 37.6 Å². The van der Waals surface area contributed by atoms with Crippen molar-refractivity contribution in [3.05, 3.63) is 11.6 Å². The van der Waals surface area contributed by atoms with Crippen LogP contribution in [0.5, 0.6) is 0 Å². The summed E-state index contributed by atoms with van der Waals surface area (Å²) >= 11 is 0. The molecule has 0 atom stereocenters. The average Bonchev–Trinajstić information content (AvgIpc) is 3.21. The third-order valence-electron chi connectivity index (χ3n) is 8.84. The first-order chi connectivity index (χ1) is 16.2. The van der Waals surface area contributed by atoms with E-state index in [0.29, 0.717) is 25.9 Å². The highest BCUT2D eigenvalue weighted by Crippen LogP contribution is 2.55. The molecule has 0 aromatic carbocycles. The summed E-state index contributed by atoms with van der Waals surface area (Å²) in [5.74, 6) is 1.50. The number of fused-ring (bicyclic) bond motifs is 1. The normalized spacial score (nSPS) is 33.2. The summed E-state index contributed by atoms with van der Waals surface area (Å²) < 4.78 is 40.2. The van der Waals surface area contributed by atoms with Crippen LogP contribution < -0.4 is 5.32 Å². The fraction of sp³-hybridized carbons (Fsp3) is 0.826. The Morgan fingerprint density at radius 1 is 0.882 bits per heavy atom. The lowest BCUT2D eigenvalue weighted by molar-refractivity contribution is -0.148. The molecule has 3 amide bonds. The first-order valence-electron chi connectivity index (χ1n) is 12.5. The molecule has 2 aliphatic heterocycles. The van der Waals surface area contributed by atoms with Gasteiger partial charge in [-0.3, -0.25) is 4.79 Å². The minimum Gasteiger partial charge on any atom is -0.350 e. The third-order valence-corrected chi connectivity index (χ3v) is 8.84. The number of aromatic nitrogens is 3. The van der Waals surface area contributed by atoms with Crippen molar-refractivity contribution >= 4 is 11.9 Å². The number of amides is 3. The number of rotatable bonds is 2. The molecule has 3 heterocycles. The van der Waals surface area contributed by atoms with Gasteiger partial charge < -0.3 is 19.7 Å². The number of alkyl halides is 3. The fourth-order valence-corrected chi connectivity index (χ4v) is 7.69. The average molecular weight is 481 g/mol. The first kappa shape index (κ1) is 22.2. The van der Waals surface area contributed by atoms with Crippen molar-refractivity contribution in [2.75, 3.05) is 19.6 Å². The quantitative estimate of drug-likeness (QED) is 0.706. The molecule has 4 aliphatic carbocycles. The van der Waals surface area contributed by atoms with E-state index in [1.54, 1.807) is 4.90 Å². The van der Waals surface area contributed by atoms with Crippen molar-refractivity contribution in [2.24, 2.45) is 23.7 Å². The Morgan fingerprint density at radius 3 is 2.09 bits per heavy atom. The number of hydrogen-bond donors (Lipinski definition) is 1. The lowest BCUT2D eigenvalue weighted by Gasteiger charge is -2.57. The van der Waals surface area contributed by atoms with Gasteiger partial charge in [0.15, 0.2) is 5.82 Å². The number of hydrogen-bond acceptors (Lipinski definition) is 4. The highest BCUT2D eigenvalue weighted by Gasteiger charge is 2.52. The van der Waals surface area contributed by atoms with Crippen LogP contribution >= 0.6 is 0 Å². The molecular formula is C23H31F3N6O2. The standard InChI is InChI=1S/C23H31F3N6O2/c24-23(25,26)20-29-28-18-13-31(5-6-32(18)20)21(34)30-3-1-17(2-4-30)19(33)27-22-10-14-7-15(11-22)9-16(8-14)12-22/h14-17H,1-13H2,(H,27,33). The van der Waals surface area contributed by atoms with Crippen molar-refractivity contribution in [3.63, 3.8) is 0 Å². The number of urea groups is 1. The predicted octanol–water partition coefficient (Wildman–Crippen LogP) is 3.03. The molecule has 0 radical (unpaired) electrons. The van der Waals surface area contributed by atoms with E-state index in [2.05, 4.69) is 15.5 Å². The van der Waals surface area contributed by atoms with Gasteiger partial charge in [0.2, 0.25) is 11.7 Å². The van der Waals surface area contributed by atoms with Crippen LogP contribution in [0.25, 0.3) is 0 Å². The minimum absolute atomic E-state index is 0.00218. The van der Waals surface area contributed by atoms with E-state index in [4.69, 9.17) is 0 Å². The smallest absolute Gasteiger partial charge is 0.350 e. The molecule has 1 saturated heterocycles. The molecule has 34 heavy (non-hydrogen) atoms. The molecule has 11 heteroatoms. The zero-order chi connectivity index (χ0) is 23.7. The molecular weight excluding hydrogens is 449 g/mol. The number of nitrogens with one attached hydrogen (secondary N) is 1. The van der Waals surface area contributed by atoms with Gasteiger partial charge in [-0.25, -0.2) is 4.79 Å². The van der Waals surface area contributed by atoms with Gasteiger partial charge in [0.05, 0.1) is 6.54 Å². The van der Waals surface area contributed by atoms with E-state index in [0.717, 1.165) is 41.6 Å². The summed E-state index contributed by atoms with van der Waals surface area (Å²) in [7, 11) is 0. The van der Waals surface area contributed by atoms with Crippen molar-refractivity contribution in [3.8, 4) is 0 Å².